The molecule has 4 aromatic rings. The summed E-state index contributed by atoms with van der Waals surface area (Å²) < 4.78 is 5.47. The molecule has 4 rings (SSSR count). The van der Waals surface area contributed by atoms with Crippen molar-refractivity contribution in [2.75, 3.05) is 7.05 Å². The number of benzene rings is 2. The Kier molecular flexibility index (Phi) is 13.5. The van der Waals surface area contributed by atoms with E-state index in [0.29, 0.717) is 32.2 Å². The topological polar surface area (TPSA) is 126 Å². The van der Waals surface area contributed by atoms with Crippen molar-refractivity contribution in [1.82, 2.24) is 30.8 Å². The summed E-state index contributed by atoms with van der Waals surface area (Å²) in [6.45, 7) is 4.33. The highest BCUT2D eigenvalue weighted by Gasteiger charge is 2.28. The molecule has 0 unspecified atom stereocenters. The molecule has 0 aliphatic carbocycles. The van der Waals surface area contributed by atoms with Gasteiger partial charge in [-0.3, -0.25) is 9.78 Å². The van der Waals surface area contributed by atoms with Gasteiger partial charge in [0.05, 0.1) is 28.1 Å². The van der Waals surface area contributed by atoms with Crippen LogP contribution in [0, 0.1) is 5.92 Å². The van der Waals surface area contributed by atoms with E-state index in [1.165, 1.54) is 27.6 Å². The van der Waals surface area contributed by atoms with Gasteiger partial charge in [-0.15, -0.1) is 22.7 Å². The Morgan fingerprint density at radius 1 is 0.870 bits per heavy atom. The van der Waals surface area contributed by atoms with Gasteiger partial charge < -0.3 is 25.6 Å². The quantitative estimate of drug-likeness (QED) is 0.139. The van der Waals surface area contributed by atoms with Gasteiger partial charge in [0, 0.05) is 30.7 Å². The highest BCUT2D eigenvalue weighted by atomic mass is 32.1. The van der Waals surface area contributed by atoms with Crippen LogP contribution < -0.4 is 16.0 Å². The zero-order chi connectivity index (χ0) is 32.7. The number of alkyl carbamates (subject to hydrolysis) is 1. The number of nitrogens with one attached hydrogen (secondary N) is 3. The molecule has 0 radical (unpaired) electrons. The van der Waals surface area contributed by atoms with Crippen molar-refractivity contribution in [3.05, 3.63) is 105 Å². The van der Waals surface area contributed by atoms with Gasteiger partial charge in [-0.1, -0.05) is 74.5 Å². The largest absolute Gasteiger partial charge is 0.444 e. The van der Waals surface area contributed by atoms with E-state index < -0.39 is 12.1 Å². The smallest absolute Gasteiger partial charge is 0.407 e. The molecule has 2 aromatic carbocycles. The predicted octanol–water partition coefficient (Wildman–Crippen LogP) is 5.81. The molecule has 0 saturated heterocycles. The Morgan fingerprint density at radius 3 is 2.04 bits per heavy atom. The average Bonchev–Trinajstić information content (AvgIpc) is 3.77. The minimum Gasteiger partial charge on any atom is -0.444 e. The van der Waals surface area contributed by atoms with Crippen molar-refractivity contribution in [1.29, 1.82) is 0 Å². The van der Waals surface area contributed by atoms with Gasteiger partial charge in [0.25, 0.3) is 0 Å². The maximum Gasteiger partial charge on any atom is 0.407 e. The number of thiazole rings is 2. The molecule has 12 heteroatoms. The van der Waals surface area contributed by atoms with Gasteiger partial charge in [0.1, 0.15) is 12.6 Å². The lowest BCUT2D eigenvalue weighted by molar-refractivity contribution is -0.124. The van der Waals surface area contributed by atoms with Crippen molar-refractivity contribution >= 4 is 40.7 Å². The number of urea groups is 1. The number of carbonyl (C=O) groups is 3. The molecule has 4 amide bonds. The molecule has 3 N–H and O–H groups in total. The molecule has 244 valence electrons. The Morgan fingerprint density at radius 2 is 1.50 bits per heavy atom. The van der Waals surface area contributed by atoms with E-state index in [2.05, 4.69) is 25.9 Å². The van der Waals surface area contributed by atoms with Crippen LogP contribution >= 0.6 is 22.7 Å². The number of hydrogen-bond acceptors (Lipinski definition) is 8. The molecule has 2 aromatic heterocycles. The summed E-state index contributed by atoms with van der Waals surface area (Å²) in [5, 5.41) is 11.1. The molecule has 0 spiro atoms. The fourth-order valence-electron chi connectivity index (χ4n) is 5.01. The zero-order valence-electron chi connectivity index (χ0n) is 26.4. The van der Waals surface area contributed by atoms with Crippen LogP contribution in [0.4, 0.5) is 9.59 Å². The van der Waals surface area contributed by atoms with Crippen LogP contribution in [0.3, 0.4) is 0 Å². The van der Waals surface area contributed by atoms with Crippen molar-refractivity contribution in [3.63, 3.8) is 0 Å². The number of hydrogen-bond donors (Lipinski definition) is 3. The Bertz CT molecular complexity index is 1470. The lowest BCUT2D eigenvalue weighted by Crippen LogP contribution is -2.54. The number of aromatic nitrogens is 2. The van der Waals surface area contributed by atoms with Gasteiger partial charge in [-0.05, 0) is 42.7 Å². The molecule has 0 fully saturated rings. The zero-order valence-corrected chi connectivity index (χ0v) is 28.1. The first-order valence-electron chi connectivity index (χ1n) is 15.3. The minimum absolute atomic E-state index is 0.144. The van der Waals surface area contributed by atoms with Gasteiger partial charge in [0.15, 0.2) is 0 Å². The maximum absolute atomic E-state index is 13.7. The molecule has 46 heavy (non-hydrogen) atoms. The number of rotatable bonds is 16. The fraction of sp³-hybridized carbons (Fsp3) is 0.382. The number of ether oxygens (including phenoxy) is 1. The van der Waals surface area contributed by atoms with Crippen LogP contribution in [0.25, 0.3) is 0 Å². The second kappa shape index (κ2) is 18.0. The van der Waals surface area contributed by atoms with Crippen molar-refractivity contribution in [2.24, 2.45) is 5.92 Å². The Labute approximate surface area is 278 Å². The summed E-state index contributed by atoms with van der Waals surface area (Å²) in [5.74, 6) is -0.391. The van der Waals surface area contributed by atoms with E-state index in [4.69, 9.17) is 4.74 Å². The molecule has 3 atom stereocenters. The second-order valence-corrected chi connectivity index (χ2v) is 13.2. The standard InChI is InChI=1S/C34H42N6O4S2/c1-24(2)31(39-33(42)40(3)19-29-21-45-23-36-29)32(41)37-27(16-25-10-6-4-7-11-25)14-15-28(17-26-12-8-5-9-13-26)38-34(43)44-20-30-18-35-22-46-30/h4-13,18,21-24,27-28,31H,14-17,19-20H2,1-3H3,(H,37,41)(H,38,43)(H,39,42)/t27-,28-,31-/m0/s1. The third kappa shape index (κ3) is 11.6. The summed E-state index contributed by atoms with van der Waals surface area (Å²) in [5.41, 5.74) is 6.39. The summed E-state index contributed by atoms with van der Waals surface area (Å²) in [6, 6.07) is 18.4. The monoisotopic (exact) mass is 662 g/mol. The molecule has 0 bridgehead atoms. The van der Waals surface area contributed by atoms with Crippen LogP contribution in [0.5, 0.6) is 0 Å². The normalized spacial score (nSPS) is 13.0. The summed E-state index contributed by atoms with van der Waals surface area (Å²) >= 11 is 2.90. The molecular formula is C34H42N6O4S2. The third-order valence-electron chi connectivity index (χ3n) is 7.47. The van der Waals surface area contributed by atoms with Crippen molar-refractivity contribution in [2.45, 2.75) is 70.8 Å². The van der Waals surface area contributed by atoms with Crippen LogP contribution in [-0.4, -0.2) is 58.1 Å². The average molecular weight is 663 g/mol. The first-order chi connectivity index (χ1) is 22.3. The van der Waals surface area contributed by atoms with Crippen molar-refractivity contribution in [3.8, 4) is 0 Å². The number of carbonyl (C=O) groups excluding carboxylic acids is 3. The highest BCUT2D eigenvalue weighted by molar-refractivity contribution is 7.09. The molecular weight excluding hydrogens is 621 g/mol. The molecule has 0 aliphatic rings. The number of amides is 4. The number of nitrogens with zero attached hydrogens (tertiary/aromatic N) is 3. The van der Waals surface area contributed by atoms with E-state index in [-0.39, 0.29) is 36.5 Å². The SMILES string of the molecule is CC(C)[C@H](NC(=O)N(C)Cc1cscn1)C(=O)N[C@@H](CC[C@@H](Cc1ccccc1)NC(=O)OCc1cncs1)Cc1ccccc1. The van der Waals surface area contributed by atoms with E-state index >= 15 is 0 Å². The van der Waals surface area contributed by atoms with E-state index in [9.17, 15) is 14.4 Å². The Hall–Kier alpha value is -4.29. The molecule has 0 aliphatic heterocycles. The van der Waals surface area contributed by atoms with Gasteiger partial charge in [0.2, 0.25) is 5.91 Å². The fourth-order valence-corrected chi connectivity index (χ4v) is 6.06. The minimum atomic E-state index is -0.733. The van der Waals surface area contributed by atoms with E-state index in [1.807, 2.05) is 79.9 Å². The van der Waals surface area contributed by atoms with Crippen molar-refractivity contribution < 1.29 is 19.1 Å². The molecule has 2 heterocycles. The first kappa shape index (κ1) is 34.6. The lowest BCUT2D eigenvalue weighted by atomic mass is 9.95. The van der Waals surface area contributed by atoms with Gasteiger partial charge in [-0.25, -0.2) is 14.6 Å². The van der Waals surface area contributed by atoms with Crippen LogP contribution in [-0.2, 0) is 35.5 Å². The van der Waals surface area contributed by atoms with Crippen LogP contribution in [0.2, 0.25) is 0 Å². The van der Waals surface area contributed by atoms with Gasteiger partial charge in [-0.2, -0.15) is 0 Å². The predicted molar refractivity (Wildman–Crippen MR) is 181 cm³/mol. The Balaban J connectivity index is 1.43. The van der Waals surface area contributed by atoms with E-state index in [1.54, 1.807) is 24.3 Å². The first-order valence-corrected chi connectivity index (χ1v) is 17.2. The summed E-state index contributed by atoms with van der Waals surface area (Å²) in [4.78, 5) is 50.2. The molecule has 0 saturated carbocycles. The maximum atomic E-state index is 13.7. The lowest BCUT2D eigenvalue weighted by Gasteiger charge is -2.28. The second-order valence-electron chi connectivity index (χ2n) is 11.6. The van der Waals surface area contributed by atoms with Crippen LogP contribution in [0.1, 0.15) is 48.4 Å². The highest BCUT2D eigenvalue weighted by Crippen LogP contribution is 2.15. The van der Waals surface area contributed by atoms with Crippen LogP contribution in [0.15, 0.2) is 83.3 Å². The molecule has 10 nitrogen and oxygen atoms in total. The van der Waals surface area contributed by atoms with E-state index in [0.717, 1.165) is 21.7 Å². The third-order valence-corrected chi connectivity index (χ3v) is 8.86. The summed E-state index contributed by atoms with van der Waals surface area (Å²) in [6.07, 6.45) is 3.58. The summed E-state index contributed by atoms with van der Waals surface area (Å²) in [7, 11) is 1.68. The van der Waals surface area contributed by atoms with Gasteiger partial charge >= 0.3 is 12.1 Å².